The number of ketones is 1. The van der Waals surface area contributed by atoms with Gasteiger partial charge in [-0.2, -0.15) is 0 Å². The number of amides is 1. The zero-order valence-electron chi connectivity index (χ0n) is 18.3. The van der Waals surface area contributed by atoms with E-state index >= 15 is 0 Å². The highest BCUT2D eigenvalue weighted by atomic mass is 16.5. The summed E-state index contributed by atoms with van der Waals surface area (Å²) in [5.41, 5.74) is 2.56. The number of hydrogen-bond acceptors (Lipinski definition) is 4. The summed E-state index contributed by atoms with van der Waals surface area (Å²) in [6.45, 7) is 5.91. The van der Waals surface area contributed by atoms with Gasteiger partial charge in [-0.25, -0.2) is 0 Å². The standard InChI is InChI=1S/C27H25NO4/c1-17(2)19-13-15-21(16-14-19)31-18(3)27(30)28-24-22-11-7-8-12-23(22)32-26(24)25(29)20-9-5-4-6-10-20/h4-18H,1-3H3,(H,28,30). The topological polar surface area (TPSA) is 68.5 Å². The van der Waals surface area contributed by atoms with Gasteiger partial charge < -0.3 is 14.5 Å². The highest BCUT2D eigenvalue weighted by Crippen LogP contribution is 2.33. The van der Waals surface area contributed by atoms with Gasteiger partial charge in [0.15, 0.2) is 11.9 Å². The van der Waals surface area contributed by atoms with Crippen LogP contribution in [0.3, 0.4) is 0 Å². The molecule has 1 N–H and O–H groups in total. The Morgan fingerprint density at radius 1 is 0.844 bits per heavy atom. The van der Waals surface area contributed by atoms with Crippen LogP contribution in [0.2, 0.25) is 0 Å². The molecule has 0 saturated carbocycles. The van der Waals surface area contributed by atoms with Crippen molar-refractivity contribution < 1.29 is 18.7 Å². The molecule has 4 rings (SSSR count). The maximum atomic E-state index is 13.1. The summed E-state index contributed by atoms with van der Waals surface area (Å²) in [6.07, 6.45) is -0.770. The third kappa shape index (κ3) is 4.42. The second-order valence-electron chi connectivity index (χ2n) is 7.97. The van der Waals surface area contributed by atoms with Gasteiger partial charge in [-0.3, -0.25) is 9.59 Å². The van der Waals surface area contributed by atoms with Crippen molar-refractivity contribution in [3.05, 3.63) is 95.7 Å². The molecule has 5 heteroatoms. The van der Waals surface area contributed by atoms with Crippen LogP contribution in [0.1, 0.15) is 48.4 Å². The predicted molar refractivity (Wildman–Crippen MR) is 125 cm³/mol. The summed E-state index contributed by atoms with van der Waals surface area (Å²) < 4.78 is 11.7. The molecule has 5 nitrogen and oxygen atoms in total. The van der Waals surface area contributed by atoms with E-state index in [0.717, 1.165) is 0 Å². The number of carbonyl (C=O) groups excluding carboxylic acids is 2. The molecule has 0 spiro atoms. The third-order valence-corrected chi connectivity index (χ3v) is 5.31. The smallest absolute Gasteiger partial charge is 0.265 e. The quantitative estimate of drug-likeness (QED) is 0.357. The Bertz CT molecular complexity index is 1240. The van der Waals surface area contributed by atoms with Crippen LogP contribution >= 0.6 is 0 Å². The minimum Gasteiger partial charge on any atom is -0.481 e. The zero-order valence-corrected chi connectivity index (χ0v) is 18.3. The maximum absolute atomic E-state index is 13.1. The Labute approximate surface area is 187 Å². The molecule has 3 aromatic carbocycles. The number of benzene rings is 3. The fourth-order valence-corrected chi connectivity index (χ4v) is 3.46. The second-order valence-corrected chi connectivity index (χ2v) is 7.97. The lowest BCUT2D eigenvalue weighted by Gasteiger charge is -2.15. The van der Waals surface area contributed by atoms with Gasteiger partial charge in [-0.05, 0) is 42.7 Å². The highest BCUT2D eigenvalue weighted by molar-refractivity contribution is 6.17. The molecule has 1 amide bonds. The summed E-state index contributed by atoms with van der Waals surface area (Å²) in [7, 11) is 0. The van der Waals surface area contributed by atoms with E-state index in [1.807, 2.05) is 48.5 Å². The lowest BCUT2D eigenvalue weighted by molar-refractivity contribution is -0.122. The SMILES string of the molecule is CC(Oc1ccc(C(C)C)cc1)C(=O)Nc1c(C(=O)c2ccccc2)oc2ccccc12. The van der Waals surface area contributed by atoms with Crippen molar-refractivity contribution in [2.45, 2.75) is 32.8 Å². The fraction of sp³-hybridized carbons (Fsp3) is 0.185. The van der Waals surface area contributed by atoms with E-state index in [1.54, 1.807) is 37.3 Å². The molecule has 0 radical (unpaired) electrons. The molecular formula is C27H25NO4. The van der Waals surface area contributed by atoms with Gasteiger partial charge >= 0.3 is 0 Å². The number of furan rings is 1. The molecule has 0 aliphatic rings. The van der Waals surface area contributed by atoms with Crippen LogP contribution in [0.25, 0.3) is 11.0 Å². The Hall–Kier alpha value is -3.86. The van der Waals surface area contributed by atoms with E-state index < -0.39 is 6.10 Å². The first-order valence-electron chi connectivity index (χ1n) is 10.6. The first kappa shape index (κ1) is 21.4. The summed E-state index contributed by atoms with van der Waals surface area (Å²) in [5, 5.41) is 3.52. The molecule has 1 aromatic heterocycles. The van der Waals surface area contributed by atoms with Crippen LogP contribution in [0.4, 0.5) is 5.69 Å². The molecule has 0 bridgehead atoms. The van der Waals surface area contributed by atoms with E-state index in [4.69, 9.17) is 9.15 Å². The van der Waals surface area contributed by atoms with Gasteiger partial charge in [-0.1, -0.05) is 68.4 Å². The van der Waals surface area contributed by atoms with Gasteiger partial charge in [-0.15, -0.1) is 0 Å². The van der Waals surface area contributed by atoms with E-state index in [-0.39, 0.29) is 17.5 Å². The average Bonchev–Trinajstić information content (AvgIpc) is 3.17. The number of ether oxygens (including phenoxy) is 1. The zero-order chi connectivity index (χ0) is 22.7. The van der Waals surface area contributed by atoms with Crippen molar-refractivity contribution in [1.82, 2.24) is 0 Å². The largest absolute Gasteiger partial charge is 0.481 e. The molecule has 0 saturated heterocycles. The number of hydrogen-bond donors (Lipinski definition) is 1. The average molecular weight is 428 g/mol. The number of para-hydroxylation sites is 1. The van der Waals surface area contributed by atoms with Crippen molar-refractivity contribution in [3.8, 4) is 5.75 Å². The number of anilines is 1. The molecule has 0 aliphatic heterocycles. The Morgan fingerprint density at radius 3 is 2.19 bits per heavy atom. The number of rotatable bonds is 7. The molecular weight excluding hydrogens is 402 g/mol. The van der Waals surface area contributed by atoms with Gasteiger partial charge in [0.25, 0.3) is 5.91 Å². The number of fused-ring (bicyclic) bond motifs is 1. The Balaban J connectivity index is 1.59. The minimum atomic E-state index is -0.770. The third-order valence-electron chi connectivity index (χ3n) is 5.31. The van der Waals surface area contributed by atoms with Crippen molar-refractivity contribution in [3.63, 3.8) is 0 Å². The lowest BCUT2D eigenvalue weighted by atomic mass is 10.0. The monoisotopic (exact) mass is 427 g/mol. The summed E-state index contributed by atoms with van der Waals surface area (Å²) in [6, 6.07) is 23.8. The second kappa shape index (κ2) is 9.10. The highest BCUT2D eigenvalue weighted by Gasteiger charge is 2.25. The normalized spacial score (nSPS) is 12.0. The lowest BCUT2D eigenvalue weighted by Crippen LogP contribution is -2.30. The van der Waals surface area contributed by atoms with Gasteiger partial charge in [0.05, 0.1) is 5.69 Å². The molecule has 1 unspecified atom stereocenters. The van der Waals surface area contributed by atoms with E-state index in [2.05, 4.69) is 19.2 Å². The molecule has 0 fully saturated rings. The van der Waals surface area contributed by atoms with Crippen LogP contribution in [0.5, 0.6) is 5.75 Å². The number of nitrogens with one attached hydrogen (secondary N) is 1. The summed E-state index contributed by atoms with van der Waals surface area (Å²) in [5.74, 6) is 0.454. The molecule has 4 aromatic rings. The van der Waals surface area contributed by atoms with E-state index in [1.165, 1.54) is 5.56 Å². The summed E-state index contributed by atoms with van der Waals surface area (Å²) in [4.78, 5) is 26.0. The van der Waals surface area contributed by atoms with Crippen LogP contribution in [-0.2, 0) is 4.79 Å². The van der Waals surface area contributed by atoms with E-state index in [9.17, 15) is 9.59 Å². The van der Waals surface area contributed by atoms with Crippen LogP contribution in [0.15, 0.2) is 83.3 Å². The fourth-order valence-electron chi connectivity index (χ4n) is 3.46. The predicted octanol–water partition coefficient (Wildman–Crippen LogP) is 6.19. The molecule has 162 valence electrons. The summed E-state index contributed by atoms with van der Waals surface area (Å²) >= 11 is 0. The maximum Gasteiger partial charge on any atom is 0.265 e. The molecule has 1 atom stereocenters. The Morgan fingerprint density at radius 2 is 1.50 bits per heavy atom. The van der Waals surface area contributed by atoms with Crippen LogP contribution < -0.4 is 10.1 Å². The van der Waals surface area contributed by atoms with Crippen molar-refractivity contribution in [2.75, 3.05) is 5.32 Å². The molecule has 0 aliphatic carbocycles. The first-order chi connectivity index (χ1) is 15.4. The van der Waals surface area contributed by atoms with Crippen LogP contribution in [0, 0.1) is 0 Å². The van der Waals surface area contributed by atoms with Crippen LogP contribution in [-0.4, -0.2) is 17.8 Å². The van der Waals surface area contributed by atoms with Gasteiger partial charge in [0.1, 0.15) is 11.3 Å². The van der Waals surface area contributed by atoms with Crippen molar-refractivity contribution in [2.24, 2.45) is 0 Å². The minimum absolute atomic E-state index is 0.0965. The first-order valence-corrected chi connectivity index (χ1v) is 10.6. The Kier molecular flexibility index (Phi) is 6.08. The van der Waals surface area contributed by atoms with Crippen molar-refractivity contribution >= 4 is 28.3 Å². The molecule has 1 heterocycles. The van der Waals surface area contributed by atoms with Crippen molar-refractivity contribution in [1.29, 1.82) is 0 Å². The molecule has 32 heavy (non-hydrogen) atoms. The van der Waals surface area contributed by atoms with Gasteiger partial charge in [0.2, 0.25) is 5.78 Å². The van der Waals surface area contributed by atoms with E-state index in [0.29, 0.717) is 33.9 Å². The van der Waals surface area contributed by atoms with Gasteiger partial charge in [0, 0.05) is 10.9 Å². The number of carbonyl (C=O) groups is 2.